The molecule has 2 fully saturated rings. The van der Waals surface area contributed by atoms with Crippen LogP contribution in [-0.2, 0) is 19.2 Å². The predicted molar refractivity (Wildman–Crippen MR) is 320 cm³/mol. The molecule has 10 nitrogen and oxygen atoms in total. The van der Waals surface area contributed by atoms with Crippen LogP contribution in [0, 0.1) is 5.92 Å². The normalized spacial score (nSPS) is 17.2. The van der Waals surface area contributed by atoms with E-state index < -0.39 is 12.1 Å². The quantitative estimate of drug-likeness (QED) is 0.0465. The molecule has 0 saturated carbocycles. The maximum atomic E-state index is 14.0. The van der Waals surface area contributed by atoms with Crippen molar-refractivity contribution in [2.75, 3.05) is 53.4 Å². The highest BCUT2D eigenvalue weighted by atomic mass is 16.2. The molecular formula is C65H122N6O4. The summed E-state index contributed by atoms with van der Waals surface area (Å²) in [5.74, 6) is 0.211. The Balaban J connectivity index is 1.77. The van der Waals surface area contributed by atoms with Gasteiger partial charge in [0.2, 0.25) is 23.6 Å². The SMILES string of the molecule is CCCCCCCC/C=C\CCCCCCCC(=O)N(CCC1CCCN1C)C(CC)C(=O)NCCCCCCNC(=O)C(C(C)C)N(CCC1CCCN1C)C(=O)CCCCCCC/C=C\CCCCCCCC. The molecule has 436 valence electrons. The second-order valence-corrected chi connectivity index (χ2v) is 23.6. The summed E-state index contributed by atoms with van der Waals surface area (Å²) in [7, 11) is 4.37. The molecule has 2 aliphatic heterocycles. The Morgan fingerprint density at radius 3 is 1.23 bits per heavy atom. The number of hydrogen-bond donors (Lipinski definition) is 2. The average molecular weight is 1050 g/mol. The molecule has 75 heavy (non-hydrogen) atoms. The van der Waals surface area contributed by atoms with Crippen molar-refractivity contribution in [2.24, 2.45) is 5.92 Å². The van der Waals surface area contributed by atoms with Crippen LogP contribution in [0.25, 0.3) is 0 Å². The Labute approximate surface area is 463 Å². The number of likely N-dealkylation sites (tertiary alicyclic amines) is 2. The summed E-state index contributed by atoms with van der Waals surface area (Å²) < 4.78 is 0. The van der Waals surface area contributed by atoms with Crippen molar-refractivity contribution in [3.63, 3.8) is 0 Å². The fourth-order valence-corrected chi connectivity index (χ4v) is 11.7. The van der Waals surface area contributed by atoms with Crippen LogP contribution in [-0.4, -0.2) is 121 Å². The number of carbonyl (C=O) groups excluding carboxylic acids is 4. The number of carbonyl (C=O) groups is 4. The number of amides is 4. The number of allylic oxidation sites excluding steroid dienone is 4. The van der Waals surface area contributed by atoms with E-state index in [0.29, 0.717) is 57.5 Å². The van der Waals surface area contributed by atoms with Crippen LogP contribution in [0.2, 0.25) is 0 Å². The van der Waals surface area contributed by atoms with Crippen molar-refractivity contribution in [1.29, 1.82) is 0 Å². The van der Waals surface area contributed by atoms with Gasteiger partial charge in [0.1, 0.15) is 12.1 Å². The van der Waals surface area contributed by atoms with Crippen LogP contribution in [0.5, 0.6) is 0 Å². The van der Waals surface area contributed by atoms with Gasteiger partial charge in [-0.15, -0.1) is 0 Å². The van der Waals surface area contributed by atoms with Crippen molar-refractivity contribution < 1.29 is 19.2 Å². The van der Waals surface area contributed by atoms with E-state index in [1.807, 2.05) is 16.7 Å². The summed E-state index contributed by atoms with van der Waals surface area (Å²) in [6.45, 7) is 15.4. The van der Waals surface area contributed by atoms with Gasteiger partial charge in [-0.25, -0.2) is 0 Å². The summed E-state index contributed by atoms with van der Waals surface area (Å²) in [5, 5.41) is 6.43. The van der Waals surface area contributed by atoms with E-state index in [2.05, 4.69) is 86.5 Å². The minimum absolute atomic E-state index is 0.0159. The van der Waals surface area contributed by atoms with Gasteiger partial charge in [-0.3, -0.25) is 19.2 Å². The third kappa shape index (κ3) is 32.7. The Bertz CT molecular complexity index is 1490. The molecule has 0 spiro atoms. The summed E-state index contributed by atoms with van der Waals surface area (Å²) in [6.07, 6.45) is 53.2. The molecule has 4 unspecified atom stereocenters. The molecular weight excluding hydrogens is 929 g/mol. The number of rotatable bonds is 49. The molecule has 2 saturated heterocycles. The molecule has 0 bridgehead atoms. The monoisotopic (exact) mass is 1050 g/mol. The van der Waals surface area contributed by atoms with Crippen LogP contribution in [0.3, 0.4) is 0 Å². The van der Waals surface area contributed by atoms with Crippen LogP contribution in [0.1, 0.15) is 285 Å². The van der Waals surface area contributed by atoms with Gasteiger partial charge in [-0.2, -0.15) is 0 Å². The fraction of sp³-hybridized carbons (Fsp3) is 0.877. The van der Waals surface area contributed by atoms with Gasteiger partial charge < -0.3 is 30.2 Å². The fourth-order valence-electron chi connectivity index (χ4n) is 11.7. The first-order valence-corrected chi connectivity index (χ1v) is 32.4. The second-order valence-electron chi connectivity index (χ2n) is 23.6. The Kier molecular flexibility index (Phi) is 42.1. The number of hydrogen-bond acceptors (Lipinski definition) is 6. The summed E-state index contributed by atoms with van der Waals surface area (Å²) in [6, 6.07) is 0.0235. The van der Waals surface area contributed by atoms with E-state index in [4.69, 9.17) is 0 Å². The van der Waals surface area contributed by atoms with Crippen LogP contribution in [0.4, 0.5) is 0 Å². The van der Waals surface area contributed by atoms with Gasteiger partial charge in [-0.1, -0.05) is 174 Å². The first kappa shape index (κ1) is 68.4. The lowest BCUT2D eigenvalue weighted by atomic mass is 9.99. The molecule has 4 atom stereocenters. The molecule has 2 aliphatic rings. The molecule has 0 radical (unpaired) electrons. The minimum Gasteiger partial charge on any atom is -0.354 e. The van der Waals surface area contributed by atoms with Crippen LogP contribution in [0.15, 0.2) is 24.3 Å². The maximum Gasteiger partial charge on any atom is 0.243 e. The van der Waals surface area contributed by atoms with Crippen molar-refractivity contribution in [3.05, 3.63) is 24.3 Å². The molecule has 2 heterocycles. The highest BCUT2D eigenvalue weighted by Gasteiger charge is 2.34. The summed E-state index contributed by atoms with van der Waals surface area (Å²) >= 11 is 0. The standard InChI is InChI=1S/C65H122N6O4/c1-8-11-13-15-17-19-21-23-25-27-29-31-33-35-39-47-61(72)70(55-49-58-45-43-53-68(58)6)60(10-3)64(74)66-51-41-37-38-42-52-67-65(75)63(57(4)5)71(56-50-59-46-44-54-69(59)7)62(73)48-40-36-34-32-30-28-26-24-22-20-18-16-14-12-9-2/h23-26,57-60,63H,8-22,27-56H2,1-7H3,(H,66,74)(H,67,75)/b25-23-,26-24-. The van der Waals surface area contributed by atoms with Crippen molar-refractivity contribution in [2.45, 2.75) is 309 Å². The molecule has 0 aromatic heterocycles. The zero-order valence-electron chi connectivity index (χ0n) is 50.4. The summed E-state index contributed by atoms with van der Waals surface area (Å²) in [5.41, 5.74) is 0. The Morgan fingerprint density at radius 2 is 0.840 bits per heavy atom. The van der Waals surface area contributed by atoms with E-state index in [1.54, 1.807) is 0 Å². The summed E-state index contributed by atoms with van der Waals surface area (Å²) in [4.78, 5) is 64.2. The van der Waals surface area contributed by atoms with Gasteiger partial charge in [0, 0.05) is 51.1 Å². The van der Waals surface area contributed by atoms with E-state index in [-0.39, 0.29) is 29.5 Å². The largest absolute Gasteiger partial charge is 0.354 e. The van der Waals surface area contributed by atoms with E-state index in [9.17, 15) is 19.2 Å². The lowest BCUT2D eigenvalue weighted by Crippen LogP contribution is -2.53. The average Bonchev–Trinajstić information content (AvgIpc) is 4.02. The van der Waals surface area contributed by atoms with Crippen LogP contribution < -0.4 is 10.6 Å². The van der Waals surface area contributed by atoms with E-state index in [0.717, 1.165) is 116 Å². The lowest BCUT2D eigenvalue weighted by molar-refractivity contribution is -0.142. The number of nitrogens with zero attached hydrogens (tertiary/aromatic N) is 4. The van der Waals surface area contributed by atoms with Gasteiger partial charge in [0.25, 0.3) is 0 Å². The molecule has 2 rings (SSSR count). The molecule has 0 aliphatic carbocycles. The molecule has 2 N–H and O–H groups in total. The smallest absolute Gasteiger partial charge is 0.243 e. The van der Waals surface area contributed by atoms with Gasteiger partial charge in [-0.05, 0) is 155 Å². The third-order valence-electron chi connectivity index (χ3n) is 16.7. The maximum absolute atomic E-state index is 14.0. The third-order valence-corrected chi connectivity index (χ3v) is 16.7. The molecule has 10 heteroatoms. The van der Waals surface area contributed by atoms with Crippen molar-refractivity contribution in [1.82, 2.24) is 30.2 Å². The van der Waals surface area contributed by atoms with Crippen molar-refractivity contribution >= 4 is 23.6 Å². The highest BCUT2D eigenvalue weighted by molar-refractivity contribution is 5.88. The lowest BCUT2D eigenvalue weighted by Gasteiger charge is -2.35. The van der Waals surface area contributed by atoms with E-state index in [1.165, 1.54) is 128 Å². The first-order chi connectivity index (χ1) is 36.5. The Hall–Kier alpha value is -2.72. The second kappa shape index (κ2) is 46.2. The van der Waals surface area contributed by atoms with Gasteiger partial charge in [0.15, 0.2) is 0 Å². The first-order valence-electron chi connectivity index (χ1n) is 32.4. The molecule has 0 aromatic carbocycles. The molecule has 0 aromatic rings. The van der Waals surface area contributed by atoms with Crippen molar-refractivity contribution in [3.8, 4) is 0 Å². The Morgan fingerprint density at radius 1 is 0.480 bits per heavy atom. The number of unbranched alkanes of at least 4 members (excludes halogenated alkanes) is 25. The van der Waals surface area contributed by atoms with Gasteiger partial charge in [0.05, 0.1) is 0 Å². The van der Waals surface area contributed by atoms with Crippen LogP contribution >= 0.6 is 0 Å². The van der Waals surface area contributed by atoms with E-state index >= 15 is 0 Å². The topological polar surface area (TPSA) is 105 Å². The minimum atomic E-state index is -0.471. The zero-order valence-corrected chi connectivity index (χ0v) is 50.4. The number of nitrogens with one attached hydrogen (secondary N) is 2. The highest BCUT2D eigenvalue weighted by Crippen LogP contribution is 2.23. The molecule has 4 amide bonds. The van der Waals surface area contributed by atoms with Gasteiger partial charge >= 0.3 is 0 Å². The predicted octanol–water partition coefficient (Wildman–Crippen LogP) is 15.3. The zero-order chi connectivity index (χ0) is 54.6.